The SMILES string of the molecule is CCC(=O)Nc1ccc(Cl)c(NC(=O)N(CC)CC)c1. The Morgan fingerprint density at radius 1 is 1.15 bits per heavy atom. The fraction of sp³-hybridized carbons (Fsp3) is 0.429. The highest BCUT2D eigenvalue weighted by Crippen LogP contribution is 2.26. The van der Waals surface area contributed by atoms with Gasteiger partial charge in [0.15, 0.2) is 0 Å². The molecule has 3 amide bonds. The lowest BCUT2D eigenvalue weighted by Crippen LogP contribution is -2.34. The molecule has 1 rings (SSSR count). The van der Waals surface area contributed by atoms with E-state index in [9.17, 15) is 9.59 Å². The minimum Gasteiger partial charge on any atom is -0.326 e. The molecule has 1 aromatic carbocycles. The molecule has 0 unspecified atom stereocenters. The summed E-state index contributed by atoms with van der Waals surface area (Å²) in [7, 11) is 0. The number of nitrogens with one attached hydrogen (secondary N) is 2. The van der Waals surface area contributed by atoms with E-state index in [-0.39, 0.29) is 11.9 Å². The molecule has 110 valence electrons. The predicted octanol–water partition coefficient (Wildman–Crippen LogP) is 3.56. The first-order valence-electron chi connectivity index (χ1n) is 6.67. The molecule has 2 N–H and O–H groups in total. The number of amides is 3. The number of carbonyl (C=O) groups is 2. The number of halogens is 1. The van der Waals surface area contributed by atoms with Gasteiger partial charge in [-0.05, 0) is 32.0 Å². The first-order chi connectivity index (χ1) is 9.51. The third kappa shape index (κ3) is 4.42. The molecule has 0 heterocycles. The average molecular weight is 298 g/mol. The van der Waals surface area contributed by atoms with E-state index in [4.69, 9.17) is 11.6 Å². The van der Waals surface area contributed by atoms with Crippen LogP contribution in [-0.4, -0.2) is 29.9 Å². The van der Waals surface area contributed by atoms with E-state index in [0.717, 1.165) is 0 Å². The highest BCUT2D eigenvalue weighted by molar-refractivity contribution is 6.33. The topological polar surface area (TPSA) is 61.4 Å². The van der Waals surface area contributed by atoms with Crippen LogP contribution in [0.2, 0.25) is 5.02 Å². The van der Waals surface area contributed by atoms with Crippen LogP contribution in [0.5, 0.6) is 0 Å². The molecule has 5 nitrogen and oxygen atoms in total. The summed E-state index contributed by atoms with van der Waals surface area (Å²) < 4.78 is 0. The van der Waals surface area contributed by atoms with Crippen molar-refractivity contribution in [3.05, 3.63) is 23.2 Å². The fourth-order valence-electron chi connectivity index (χ4n) is 1.65. The summed E-state index contributed by atoms with van der Waals surface area (Å²) in [6, 6.07) is 4.78. The maximum atomic E-state index is 12.0. The van der Waals surface area contributed by atoms with Crippen LogP contribution in [-0.2, 0) is 4.79 Å². The standard InChI is InChI=1S/C14H20ClN3O2/c1-4-13(19)16-10-7-8-11(15)12(9-10)17-14(20)18(5-2)6-3/h7-9H,4-6H2,1-3H3,(H,16,19)(H,17,20). The number of urea groups is 1. The van der Waals surface area contributed by atoms with Gasteiger partial charge < -0.3 is 15.5 Å². The molecule has 0 fully saturated rings. The Bertz CT molecular complexity index is 487. The smallest absolute Gasteiger partial charge is 0.321 e. The molecule has 6 heteroatoms. The Morgan fingerprint density at radius 3 is 2.35 bits per heavy atom. The number of hydrogen-bond acceptors (Lipinski definition) is 2. The van der Waals surface area contributed by atoms with Crippen molar-refractivity contribution in [1.29, 1.82) is 0 Å². The maximum Gasteiger partial charge on any atom is 0.321 e. The van der Waals surface area contributed by atoms with Crippen LogP contribution in [0.3, 0.4) is 0 Å². The zero-order valence-corrected chi connectivity index (χ0v) is 12.8. The van der Waals surface area contributed by atoms with Crippen molar-refractivity contribution in [3.8, 4) is 0 Å². The van der Waals surface area contributed by atoms with Gasteiger partial charge in [0.2, 0.25) is 5.91 Å². The highest BCUT2D eigenvalue weighted by Gasteiger charge is 2.12. The van der Waals surface area contributed by atoms with Gasteiger partial charge in [-0.3, -0.25) is 4.79 Å². The van der Waals surface area contributed by atoms with Gasteiger partial charge in [-0.15, -0.1) is 0 Å². The Hall–Kier alpha value is -1.75. The van der Waals surface area contributed by atoms with E-state index in [2.05, 4.69) is 10.6 Å². The van der Waals surface area contributed by atoms with Crippen LogP contribution in [0.1, 0.15) is 27.2 Å². The Labute approximate surface area is 124 Å². The second kappa shape index (κ2) is 7.75. The lowest BCUT2D eigenvalue weighted by atomic mass is 10.2. The fourth-order valence-corrected chi connectivity index (χ4v) is 1.82. The second-order valence-corrected chi connectivity index (χ2v) is 4.61. The molecule has 1 aromatic rings. The third-order valence-corrected chi connectivity index (χ3v) is 3.19. The molecule has 0 atom stereocenters. The summed E-state index contributed by atoms with van der Waals surface area (Å²) in [6.07, 6.45) is 0.393. The van der Waals surface area contributed by atoms with Gasteiger partial charge in [-0.2, -0.15) is 0 Å². The number of rotatable bonds is 5. The summed E-state index contributed by atoms with van der Waals surface area (Å²) in [4.78, 5) is 25.0. The van der Waals surface area contributed by atoms with E-state index >= 15 is 0 Å². The van der Waals surface area contributed by atoms with Crippen LogP contribution in [0.4, 0.5) is 16.2 Å². The van der Waals surface area contributed by atoms with Gasteiger partial charge in [0.25, 0.3) is 0 Å². The van der Waals surface area contributed by atoms with Crippen molar-refractivity contribution in [2.45, 2.75) is 27.2 Å². The van der Waals surface area contributed by atoms with Crippen molar-refractivity contribution in [2.24, 2.45) is 0 Å². The summed E-state index contributed by atoms with van der Waals surface area (Å²) in [5, 5.41) is 5.91. The molecular formula is C14H20ClN3O2. The normalized spacial score (nSPS) is 10.0. The zero-order chi connectivity index (χ0) is 15.1. The molecule has 0 aliphatic rings. The Morgan fingerprint density at radius 2 is 1.80 bits per heavy atom. The van der Waals surface area contributed by atoms with E-state index in [1.807, 2.05) is 13.8 Å². The average Bonchev–Trinajstić information content (AvgIpc) is 2.43. The van der Waals surface area contributed by atoms with E-state index in [1.54, 1.807) is 30.0 Å². The van der Waals surface area contributed by atoms with Gasteiger partial charge in [-0.1, -0.05) is 18.5 Å². The van der Waals surface area contributed by atoms with Gasteiger partial charge in [-0.25, -0.2) is 4.79 Å². The summed E-state index contributed by atoms with van der Waals surface area (Å²) in [6.45, 7) is 6.82. The van der Waals surface area contributed by atoms with Crippen molar-refractivity contribution in [1.82, 2.24) is 4.90 Å². The second-order valence-electron chi connectivity index (χ2n) is 4.20. The van der Waals surface area contributed by atoms with Crippen LogP contribution in [0.25, 0.3) is 0 Å². The Kier molecular flexibility index (Phi) is 6.31. The van der Waals surface area contributed by atoms with E-state index < -0.39 is 0 Å². The monoisotopic (exact) mass is 297 g/mol. The van der Waals surface area contributed by atoms with Crippen LogP contribution in [0, 0.1) is 0 Å². The van der Waals surface area contributed by atoms with Gasteiger partial charge >= 0.3 is 6.03 Å². The van der Waals surface area contributed by atoms with Crippen LogP contribution >= 0.6 is 11.6 Å². The number of hydrogen-bond donors (Lipinski definition) is 2. The minimum absolute atomic E-state index is 0.0895. The number of carbonyl (C=O) groups excluding carboxylic acids is 2. The van der Waals surface area contributed by atoms with Gasteiger partial charge in [0.1, 0.15) is 0 Å². The minimum atomic E-state index is -0.212. The lowest BCUT2D eigenvalue weighted by molar-refractivity contribution is -0.115. The molecule has 0 spiro atoms. The van der Waals surface area contributed by atoms with Crippen molar-refractivity contribution >= 4 is 34.9 Å². The van der Waals surface area contributed by atoms with Crippen molar-refractivity contribution in [3.63, 3.8) is 0 Å². The predicted molar refractivity (Wildman–Crippen MR) is 82.3 cm³/mol. The zero-order valence-electron chi connectivity index (χ0n) is 12.0. The molecule has 20 heavy (non-hydrogen) atoms. The van der Waals surface area contributed by atoms with Crippen molar-refractivity contribution in [2.75, 3.05) is 23.7 Å². The largest absolute Gasteiger partial charge is 0.326 e. The van der Waals surface area contributed by atoms with Crippen LogP contribution < -0.4 is 10.6 Å². The van der Waals surface area contributed by atoms with Gasteiger partial charge in [0.05, 0.1) is 10.7 Å². The Balaban J connectivity index is 2.86. The molecule has 0 bridgehead atoms. The summed E-state index contributed by atoms with van der Waals surface area (Å²) in [5.74, 6) is -0.0895. The van der Waals surface area contributed by atoms with Crippen molar-refractivity contribution < 1.29 is 9.59 Å². The number of nitrogens with zero attached hydrogens (tertiary/aromatic N) is 1. The molecule has 0 saturated heterocycles. The van der Waals surface area contributed by atoms with Crippen LogP contribution in [0.15, 0.2) is 18.2 Å². The summed E-state index contributed by atoms with van der Waals surface area (Å²) >= 11 is 6.06. The molecule has 0 aromatic heterocycles. The number of anilines is 2. The third-order valence-electron chi connectivity index (χ3n) is 2.86. The number of benzene rings is 1. The quantitative estimate of drug-likeness (QED) is 0.873. The molecule has 0 radical (unpaired) electrons. The lowest BCUT2D eigenvalue weighted by Gasteiger charge is -2.20. The maximum absolute atomic E-state index is 12.0. The van der Waals surface area contributed by atoms with E-state index in [1.165, 1.54) is 0 Å². The highest BCUT2D eigenvalue weighted by atomic mass is 35.5. The van der Waals surface area contributed by atoms with Gasteiger partial charge in [0, 0.05) is 25.2 Å². The summed E-state index contributed by atoms with van der Waals surface area (Å²) in [5.41, 5.74) is 1.09. The first-order valence-corrected chi connectivity index (χ1v) is 7.04. The van der Waals surface area contributed by atoms with E-state index in [0.29, 0.717) is 35.9 Å². The first kappa shape index (κ1) is 16.3. The molecular weight excluding hydrogens is 278 g/mol. The molecule has 0 aliphatic carbocycles. The molecule has 0 saturated carbocycles. The molecule has 0 aliphatic heterocycles.